The van der Waals surface area contributed by atoms with Crippen molar-refractivity contribution in [1.29, 1.82) is 0 Å². The van der Waals surface area contributed by atoms with Gasteiger partial charge in [-0.3, -0.25) is 0 Å². The molecule has 0 aliphatic heterocycles. The monoisotopic (exact) mass is 346 g/mol. The van der Waals surface area contributed by atoms with Crippen molar-refractivity contribution in [3.63, 3.8) is 0 Å². The van der Waals surface area contributed by atoms with Crippen LogP contribution in [0.5, 0.6) is 5.75 Å². The van der Waals surface area contributed by atoms with Gasteiger partial charge in [-0.15, -0.1) is 6.58 Å². The molecule has 3 rings (SSSR count). The van der Waals surface area contributed by atoms with E-state index in [1.807, 2.05) is 6.92 Å². The smallest absolute Gasteiger partial charge is 0.191 e. The number of halogens is 2. The van der Waals surface area contributed by atoms with Crippen molar-refractivity contribution in [3.05, 3.63) is 54.1 Å². The average Bonchev–Trinajstić information content (AvgIpc) is 2.63. The third-order valence-electron chi connectivity index (χ3n) is 6.04. The maximum absolute atomic E-state index is 14.3. The van der Waals surface area contributed by atoms with E-state index in [0.29, 0.717) is 11.8 Å². The topological polar surface area (TPSA) is 9.23 Å². The molecule has 1 aromatic carbocycles. The van der Waals surface area contributed by atoms with Crippen LogP contribution in [-0.2, 0) is 0 Å². The number of fused-ring (bicyclic) bond motifs is 1. The Morgan fingerprint density at radius 1 is 1.08 bits per heavy atom. The van der Waals surface area contributed by atoms with Crippen LogP contribution in [0.4, 0.5) is 8.78 Å². The summed E-state index contributed by atoms with van der Waals surface area (Å²) >= 11 is 0. The van der Waals surface area contributed by atoms with Gasteiger partial charge < -0.3 is 4.74 Å². The maximum atomic E-state index is 14.3. The van der Waals surface area contributed by atoms with Gasteiger partial charge >= 0.3 is 0 Å². The molecule has 0 saturated heterocycles. The zero-order chi connectivity index (χ0) is 17.8. The Hall–Kier alpha value is -1.64. The van der Waals surface area contributed by atoms with E-state index in [9.17, 15) is 8.78 Å². The first-order valence-corrected chi connectivity index (χ1v) is 9.47. The van der Waals surface area contributed by atoms with Crippen molar-refractivity contribution in [2.45, 2.75) is 51.4 Å². The minimum absolute atomic E-state index is 0.182. The summed E-state index contributed by atoms with van der Waals surface area (Å²) in [6, 6.07) is 2.96. The van der Waals surface area contributed by atoms with Crippen molar-refractivity contribution in [3.8, 4) is 5.75 Å². The first-order valence-electron chi connectivity index (χ1n) is 9.47. The molecular weight excluding hydrogens is 318 g/mol. The number of rotatable bonds is 5. The fraction of sp³-hybridized carbons (Fsp3) is 0.545. The van der Waals surface area contributed by atoms with Gasteiger partial charge in [-0.25, -0.2) is 8.78 Å². The Labute approximate surface area is 149 Å². The molecule has 2 saturated carbocycles. The maximum Gasteiger partial charge on any atom is 0.191 e. The molecule has 1 aromatic rings. The molecule has 0 bridgehead atoms. The Kier molecular flexibility index (Phi) is 5.93. The highest BCUT2D eigenvalue weighted by atomic mass is 19.1. The Balaban J connectivity index is 1.69. The SMILES string of the molecule is C=C[C@@H]1CC[C@@H]2CC(c3cc(F)c(OC/C=C/C)c(F)c3)CC[C@@H]2C1. The number of hydrogen-bond acceptors (Lipinski definition) is 1. The highest BCUT2D eigenvalue weighted by Crippen LogP contribution is 2.48. The molecule has 0 amide bonds. The van der Waals surface area contributed by atoms with Crippen molar-refractivity contribution < 1.29 is 13.5 Å². The van der Waals surface area contributed by atoms with Crippen LogP contribution in [0.2, 0.25) is 0 Å². The van der Waals surface area contributed by atoms with Crippen LogP contribution in [0, 0.1) is 29.4 Å². The second-order valence-electron chi connectivity index (χ2n) is 7.53. The molecule has 2 aliphatic rings. The van der Waals surface area contributed by atoms with Crippen molar-refractivity contribution in [2.75, 3.05) is 6.61 Å². The van der Waals surface area contributed by atoms with Gasteiger partial charge in [0.15, 0.2) is 17.4 Å². The summed E-state index contributed by atoms with van der Waals surface area (Å²) in [6.07, 6.45) is 12.5. The third-order valence-corrected chi connectivity index (χ3v) is 6.04. The van der Waals surface area contributed by atoms with Gasteiger partial charge in [-0.2, -0.15) is 0 Å². The van der Waals surface area contributed by atoms with Crippen LogP contribution in [0.1, 0.15) is 56.9 Å². The van der Waals surface area contributed by atoms with Crippen LogP contribution >= 0.6 is 0 Å². The number of benzene rings is 1. The first kappa shape index (κ1) is 18.2. The van der Waals surface area contributed by atoms with E-state index in [1.165, 1.54) is 31.4 Å². The summed E-state index contributed by atoms with van der Waals surface area (Å²) in [6.45, 7) is 5.97. The minimum atomic E-state index is -0.586. The summed E-state index contributed by atoms with van der Waals surface area (Å²) in [5, 5.41) is 0. The van der Waals surface area contributed by atoms with Gasteiger partial charge in [0.2, 0.25) is 0 Å². The quantitative estimate of drug-likeness (QED) is 0.560. The van der Waals surface area contributed by atoms with Gasteiger partial charge in [0.1, 0.15) is 6.61 Å². The fourth-order valence-corrected chi connectivity index (χ4v) is 4.62. The highest BCUT2D eigenvalue weighted by molar-refractivity contribution is 5.33. The van der Waals surface area contributed by atoms with Gasteiger partial charge in [-0.05, 0) is 86.8 Å². The molecule has 2 fully saturated rings. The predicted molar refractivity (Wildman–Crippen MR) is 97.8 cm³/mol. The van der Waals surface area contributed by atoms with Crippen molar-refractivity contribution in [2.24, 2.45) is 17.8 Å². The highest BCUT2D eigenvalue weighted by Gasteiger charge is 2.35. The lowest BCUT2D eigenvalue weighted by Gasteiger charge is -2.41. The molecule has 25 heavy (non-hydrogen) atoms. The van der Waals surface area contributed by atoms with E-state index >= 15 is 0 Å². The number of hydrogen-bond donors (Lipinski definition) is 0. The predicted octanol–water partition coefficient (Wildman–Crippen LogP) is 6.41. The van der Waals surface area contributed by atoms with Crippen LogP contribution in [0.15, 0.2) is 36.9 Å². The largest absolute Gasteiger partial charge is 0.483 e. The Morgan fingerprint density at radius 3 is 2.44 bits per heavy atom. The summed E-state index contributed by atoms with van der Waals surface area (Å²) in [4.78, 5) is 0. The average molecular weight is 346 g/mol. The lowest BCUT2D eigenvalue weighted by atomic mass is 9.64. The summed E-state index contributed by atoms with van der Waals surface area (Å²) in [7, 11) is 0. The molecule has 2 aliphatic carbocycles. The molecule has 4 atom stereocenters. The Bertz CT molecular complexity index is 614. The van der Waals surface area contributed by atoms with Crippen molar-refractivity contribution in [1.82, 2.24) is 0 Å². The van der Waals surface area contributed by atoms with Crippen molar-refractivity contribution >= 4 is 0 Å². The molecule has 0 N–H and O–H groups in total. The van der Waals surface area contributed by atoms with E-state index in [2.05, 4.69) is 12.7 Å². The fourth-order valence-electron chi connectivity index (χ4n) is 4.62. The first-order chi connectivity index (χ1) is 12.1. The zero-order valence-electron chi connectivity index (χ0n) is 15.0. The van der Waals surface area contributed by atoms with Crippen LogP contribution in [-0.4, -0.2) is 6.61 Å². The molecule has 0 spiro atoms. The van der Waals surface area contributed by atoms with E-state index < -0.39 is 11.6 Å². The van der Waals surface area contributed by atoms with Gasteiger partial charge in [0, 0.05) is 0 Å². The van der Waals surface area contributed by atoms with E-state index in [1.54, 1.807) is 12.2 Å². The third kappa shape index (κ3) is 4.13. The normalized spacial score (nSPS) is 29.4. The number of ether oxygens (including phenoxy) is 1. The van der Waals surface area contributed by atoms with E-state index in [4.69, 9.17) is 4.74 Å². The molecule has 0 heterocycles. The Morgan fingerprint density at radius 2 is 1.76 bits per heavy atom. The molecular formula is C22H28F2O. The molecule has 0 radical (unpaired) electrons. The van der Waals surface area contributed by atoms with Gasteiger partial charge in [0.25, 0.3) is 0 Å². The van der Waals surface area contributed by atoms with E-state index in [-0.39, 0.29) is 18.3 Å². The van der Waals surface area contributed by atoms with Gasteiger partial charge in [-0.1, -0.05) is 18.2 Å². The lowest BCUT2D eigenvalue weighted by Crippen LogP contribution is -2.30. The standard InChI is InChI=1S/C22H28F2O/c1-3-5-10-25-22-20(23)13-19(14-21(22)24)18-9-8-16-11-15(4-2)6-7-17(16)12-18/h3-5,13-18H,2,6-12H2,1H3/b5-3+/t15-,16-,17-,18?/m1/s1. The van der Waals surface area contributed by atoms with Crippen LogP contribution in [0.25, 0.3) is 0 Å². The molecule has 0 aromatic heterocycles. The van der Waals surface area contributed by atoms with Gasteiger partial charge in [0.05, 0.1) is 0 Å². The second kappa shape index (κ2) is 8.16. The molecule has 1 nitrogen and oxygen atoms in total. The minimum Gasteiger partial charge on any atom is -0.483 e. The van der Waals surface area contributed by atoms with Crippen LogP contribution in [0.3, 0.4) is 0 Å². The molecule has 1 unspecified atom stereocenters. The summed E-state index contributed by atoms with van der Waals surface area (Å²) in [5.74, 6) is 0.922. The molecule has 3 heteroatoms. The van der Waals surface area contributed by atoms with Crippen LogP contribution < -0.4 is 4.74 Å². The molecule has 136 valence electrons. The summed E-state index contributed by atoms with van der Waals surface area (Å²) in [5.41, 5.74) is 0.790. The zero-order valence-corrected chi connectivity index (χ0v) is 15.0. The summed E-state index contributed by atoms with van der Waals surface area (Å²) < 4.78 is 33.9. The number of allylic oxidation sites excluding steroid dienone is 2. The second-order valence-corrected chi connectivity index (χ2v) is 7.53. The van der Waals surface area contributed by atoms with E-state index in [0.717, 1.165) is 30.7 Å². The lowest BCUT2D eigenvalue weighted by molar-refractivity contribution is 0.133.